The summed E-state index contributed by atoms with van der Waals surface area (Å²) in [4.78, 5) is 12.6. The lowest BCUT2D eigenvalue weighted by Gasteiger charge is -2.29. The van der Waals surface area contributed by atoms with Crippen LogP contribution in [0.15, 0.2) is 24.3 Å². The second-order valence-corrected chi connectivity index (χ2v) is 6.67. The molecule has 1 heterocycles. The number of carbonyl (C=O) groups excluding carboxylic acids is 1. The van der Waals surface area contributed by atoms with Crippen LogP contribution in [0.25, 0.3) is 0 Å². The zero-order chi connectivity index (χ0) is 15.5. The number of amides is 1. The van der Waals surface area contributed by atoms with E-state index in [1.165, 1.54) is 18.4 Å². The first-order valence-electron chi connectivity index (χ1n) is 8.35. The number of benzene rings is 1. The van der Waals surface area contributed by atoms with Crippen LogP contribution < -0.4 is 15.4 Å². The van der Waals surface area contributed by atoms with Crippen molar-refractivity contribution in [1.82, 2.24) is 10.6 Å². The number of piperidine rings is 1. The van der Waals surface area contributed by atoms with Crippen molar-refractivity contribution in [2.24, 2.45) is 11.8 Å². The first-order valence-corrected chi connectivity index (χ1v) is 8.35. The Morgan fingerprint density at radius 1 is 1.26 bits per heavy atom. The van der Waals surface area contributed by atoms with Gasteiger partial charge in [-0.25, -0.2) is 0 Å². The molecule has 4 nitrogen and oxygen atoms in total. The number of halogens is 1. The lowest BCUT2D eigenvalue weighted by atomic mass is 9.91. The van der Waals surface area contributed by atoms with Crippen molar-refractivity contribution in [3.05, 3.63) is 29.8 Å². The summed E-state index contributed by atoms with van der Waals surface area (Å²) in [6.45, 7) is 3.09. The lowest BCUT2D eigenvalue weighted by Crippen LogP contribution is -2.43. The largest absolute Gasteiger partial charge is 0.497 e. The van der Waals surface area contributed by atoms with Crippen LogP contribution in [0, 0.1) is 11.8 Å². The highest BCUT2D eigenvalue weighted by Crippen LogP contribution is 2.41. The lowest BCUT2D eigenvalue weighted by molar-refractivity contribution is -0.127. The molecule has 128 valence electrons. The Kier molecular flexibility index (Phi) is 6.31. The van der Waals surface area contributed by atoms with Gasteiger partial charge in [0.1, 0.15) is 5.75 Å². The second-order valence-electron chi connectivity index (χ2n) is 6.67. The van der Waals surface area contributed by atoms with Gasteiger partial charge in [-0.05, 0) is 62.8 Å². The van der Waals surface area contributed by atoms with Gasteiger partial charge in [-0.15, -0.1) is 12.4 Å². The number of methoxy groups -OCH3 is 1. The van der Waals surface area contributed by atoms with Gasteiger partial charge in [-0.1, -0.05) is 12.1 Å². The SMILES string of the molecule is COc1ccc(C(NC(=O)[C@H]2CCN[C@@H](C)C2)C2CC2)cc1.Cl. The number of ether oxygens (including phenoxy) is 1. The molecule has 1 aliphatic carbocycles. The maximum atomic E-state index is 12.6. The van der Waals surface area contributed by atoms with Crippen LogP contribution in [0.2, 0.25) is 0 Å². The van der Waals surface area contributed by atoms with E-state index in [9.17, 15) is 4.79 Å². The van der Waals surface area contributed by atoms with E-state index in [0.29, 0.717) is 12.0 Å². The molecule has 5 heteroatoms. The molecule has 0 bridgehead atoms. The first-order chi connectivity index (χ1) is 10.7. The molecular formula is C18H27ClN2O2. The summed E-state index contributed by atoms with van der Waals surface area (Å²) in [5.74, 6) is 1.82. The van der Waals surface area contributed by atoms with E-state index in [1.54, 1.807) is 7.11 Å². The molecule has 0 aromatic heterocycles. The van der Waals surface area contributed by atoms with Crippen LogP contribution in [0.1, 0.15) is 44.2 Å². The third kappa shape index (κ3) is 4.61. The van der Waals surface area contributed by atoms with Crippen molar-refractivity contribution in [1.29, 1.82) is 0 Å². The molecule has 23 heavy (non-hydrogen) atoms. The Morgan fingerprint density at radius 2 is 1.96 bits per heavy atom. The maximum Gasteiger partial charge on any atom is 0.223 e. The van der Waals surface area contributed by atoms with Crippen molar-refractivity contribution in [3.63, 3.8) is 0 Å². The van der Waals surface area contributed by atoms with Gasteiger partial charge in [-0.2, -0.15) is 0 Å². The fraction of sp³-hybridized carbons (Fsp3) is 0.611. The fourth-order valence-electron chi connectivity index (χ4n) is 3.36. The van der Waals surface area contributed by atoms with Gasteiger partial charge < -0.3 is 15.4 Å². The molecule has 3 atom stereocenters. The Labute approximate surface area is 144 Å². The van der Waals surface area contributed by atoms with Gasteiger partial charge in [0.25, 0.3) is 0 Å². The molecule has 2 fully saturated rings. The van der Waals surface area contributed by atoms with Crippen molar-refractivity contribution in [2.75, 3.05) is 13.7 Å². The van der Waals surface area contributed by atoms with E-state index in [-0.39, 0.29) is 30.3 Å². The molecule has 1 aliphatic heterocycles. The van der Waals surface area contributed by atoms with Crippen LogP contribution in [0.3, 0.4) is 0 Å². The van der Waals surface area contributed by atoms with Gasteiger partial charge in [0.05, 0.1) is 13.2 Å². The fourth-order valence-corrected chi connectivity index (χ4v) is 3.36. The molecule has 1 aromatic carbocycles. The summed E-state index contributed by atoms with van der Waals surface area (Å²) in [6, 6.07) is 8.70. The van der Waals surface area contributed by atoms with Crippen LogP contribution >= 0.6 is 12.4 Å². The zero-order valence-corrected chi connectivity index (χ0v) is 14.7. The van der Waals surface area contributed by atoms with E-state index in [0.717, 1.165) is 25.1 Å². The molecule has 1 aromatic rings. The van der Waals surface area contributed by atoms with Crippen molar-refractivity contribution >= 4 is 18.3 Å². The monoisotopic (exact) mass is 338 g/mol. The van der Waals surface area contributed by atoms with E-state index >= 15 is 0 Å². The van der Waals surface area contributed by atoms with Gasteiger partial charge in [0.15, 0.2) is 0 Å². The highest BCUT2D eigenvalue weighted by atomic mass is 35.5. The average Bonchev–Trinajstić information content (AvgIpc) is 3.37. The van der Waals surface area contributed by atoms with Crippen LogP contribution in [0.4, 0.5) is 0 Å². The molecule has 1 unspecified atom stereocenters. The molecule has 1 saturated carbocycles. The Bertz CT molecular complexity index is 516. The number of hydrogen-bond acceptors (Lipinski definition) is 3. The highest BCUT2D eigenvalue weighted by Gasteiger charge is 2.35. The number of rotatable bonds is 5. The summed E-state index contributed by atoms with van der Waals surface area (Å²) < 4.78 is 5.22. The van der Waals surface area contributed by atoms with E-state index in [4.69, 9.17) is 4.74 Å². The third-order valence-corrected chi connectivity index (χ3v) is 4.86. The van der Waals surface area contributed by atoms with Gasteiger partial charge in [0, 0.05) is 12.0 Å². The van der Waals surface area contributed by atoms with Gasteiger partial charge >= 0.3 is 0 Å². The quantitative estimate of drug-likeness (QED) is 0.867. The topological polar surface area (TPSA) is 50.4 Å². The normalized spacial score (nSPS) is 25.1. The molecular weight excluding hydrogens is 312 g/mol. The molecule has 0 radical (unpaired) electrons. The standard InChI is InChI=1S/C18H26N2O2.ClH/c1-12-11-15(9-10-19-12)18(21)20-17(13-3-4-13)14-5-7-16(22-2)8-6-14;/h5-8,12-13,15,17,19H,3-4,9-11H2,1-2H3,(H,20,21);1H/t12-,15-,17?;/m0./s1. The highest BCUT2D eigenvalue weighted by molar-refractivity contribution is 5.85. The maximum absolute atomic E-state index is 12.6. The minimum absolute atomic E-state index is 0. The summed E-state index contributed by atoms with van der Waals surface area (Å²) in [6.07, 6.45) is 4.29. The van der Waals surface area contributed by atoms with E-state index in [1.807, 2.05) is 12.1 Å². The summed E-state index contributed by atoms with van der Waals surface area (Å²) >= 11 is 0. The predicted molar refractivity (Wildman–Crippen MR) is 94.0 cm³/mol. The summed E-state index contributed by atoms with van der Waals surface area (Å²) in [5.41, 5.74) is 1.19. The Hall–Kier alpha value is -1.26. The number of carbonyl (C=O) groups is 1. The average molecular weight is 339 g/mol. The van der Waals surface area contributed by atoms with Crippen molar-refractivity contribution in [3.8, 4) is 5.75 Å². The van der Waals surface area contributed by atoms with Crippen molar-refractivity contribution < 1.29 is 9.53 Å². The second kappa shape index (κ2) is 8.02. The Morgan fingerprint density at radius 3 is 2.52 bits per heavy atom. The van der Waals surface area contributed by atoms with Crippen LogP contribution in [-0.4, -0.2) is 25.6 Å². The smallest absolute Gasteiger partial charge is 0.223 e. The molecule has 2 aliphatic rings. The predicted octanol–water partition coefficient (Wildman–Crippen LogP) is 3.07. The minimum atomic E-state index is 0. The van der Waals surface area contributed by atoms with Crippen LogP contribution in [-0.2, 0) is 4.79 Å². The van der Waals surface area contributed by atoms with E-state index < -0.39 is 0 Å². The van der Waals surface area contributed by atoms with E-state index in [2.05, 4.69) is 29.7 Å². The Balaban J connectivity index is 0.00000192. The number of nitrogens with one attached hydrogen (secondary N) is 2. The molecule has 2 N–H and O–H groups in total. The third-order valence-electron chi connectivity index (χ3n) is 4.86. The van der Waals surface area contributed by atoms with Crippen LogP contribution in [0.5, 0.6) is 5.75 Å². The molecule has 1 amide bonds. The zero-order valence-electron chi connectivity index (χ0n) is 13.9. The van der Waals surface area contributed by atoms with Gasteiger partial charge in [-0.3, -0.25) is 4.79 Å². The summed E-state index contributed by atoms with van der Waals surface area (Å²) in [7, 11) is 1.67. The molecule has 0 spiro atoms. The molecule has 1 saturated heterocycles. The first kappa shape index (κ1) is 18.1. The summed E-state index contributed by atoms with van der Waals surface area (Å²) in [5, 5.41) is 6.72. The van der Waals surface area contributed by atoms with Gasteiger partial charge in [0.2, 0.25) is 5.91 Å². The number of hydrogen-bond donors (Lipinski definition) is 2. The minimum Gasteiger partial charge on any atom is -0.497 e. The van der Waals surface area contributed by atoms with Crippen molar-refractivity contribution in [2.45, 2.75) is 44.7 Å². The molecule has 3 rings (SSSR count).